The van der Waals surface area contributed by atoms with Gasteiger partial charge >= 0.3 is 5.97 Å². The fourth-order valence-corrected chi connectivity index (χ4v) is 2.64. The van der Waals surface area contributed by atoms with E-state index in [-0.39, 0.29) is 28.0 Å². The summed E-state index contributed by atoms with van der Waals surface area (Å²) in [6.07, 6.45) is -1.24. The molecule has 0 aliphatic carbocycles. The van der Waals surface area contributed by atoms with Crippen LogP contribution in [-0.4, -0.2) is 42.5 Å². The molecular weight excluding hydrogens is 404 g/mol. The lowest BCUT2D eigenvalue weighted by Gasteiger charge is -2.13. The Morgan fingerprint density at radius 3 is 2.69 bits per heavy atom. The van der Waals surface area contributed by atoms with Crippen molar-refractivity contribution in [3.05, 3.63) is 56.6 Å². The number of rotatable bonds is 5. The van der Waals surface area contributed by atoms with Gasteiger partial charge in [0.1, 0.15) is 0 Å². The lowest BCUT2D eigenvalue weighted by molar-refractivity contribution is -0.384. The van der Waals surface area contributed by atoms with Crippen molar-refractivity contribution in [1.29, 1.82) is 0 Å². The van der Waals surface area contributed by atoms with Gasteiger partial charge < -0.3 is 10.1 Å². The summed E-state index contributed by atoms with van der Waals surface area (Å²) >= 11 is 5.95. The Hall–Kier alpha value is -3.60. The Kier molecular flexibility index (Phi) is 5.41. The zero-order chi connectivity index (χ0) is 21.3. The summed E-state index contributed by atoms with van der Waals surface area (Å²) < 4.78 is 6.48. The molecule has 29 heavy (non-hydrogen) atoms. The molecule has 2 heterocycles. The zero-order valence-corrected chi connectivity index (χ0v) is 16.3. The SMILES string of the molecule is Cc1cc(C)n2nc(C(=O)OC(C)C(=O)Nc3cc([N+](=O)[O-])ccc3Cl)nc2n1. The topological polar surface area (TPSA) is 142 Å². The average molecular weight is 419 g/mol. The van der Waals surface area contributed by atoms with E-state index in [9.17, 15) is 19.7 Å². The molecule has 0 saturated carbocycles. The number of nitrogens with one attached hydrogen (secondary N) is 1. The van der Waals surface area contributed by atoms with E-state index in [2.05, 4.69) is 20.4 Å². The molecule has 2 aromatic heterocycles. The maximum atomic E-state index is 12.3. The molecule has 1 atom stereocenters. The molecule has 3 rings (SSSR count). The van der Waals surface area contributed by atoms with Crippen LogP contribution in [0.1, 0.15) is 28.9 Å². The molecule has 150 valence electrons. The second-order valence-corrected chi connectivity index (χ2v) is 6.55. The summed E-state index contributed by atoms with van der Waals surface area (Å²) in [6, 6.07) is 5.36. The first-order chi connectivity index (χ1) is 13.7. The van der Waals surface area contributed by atoms with Gasteiger partial charge in [-0.15, -0.1) is 5.10 Å². The second kappa shape index (κ2) is 7.80. The number of non-ortho nitro benzene ring substituents is 1. The van der Waals surface area contributed by atoms with Gasteiger partial charge in [-0.05, 0) is 32.9 Å². The number of amides is 1. The monoisotopic (exact) mass is 418 g/mol. The molecule has 0 bridgehead atoms. The number of anilines is 1. The molecule has 1 aromatic carbocycles. The first-order valence-corrected chi connectivity index (χ1v) is 8.70. The number of nitrogens with zero attached hydrogens (tertiary/aromatic N) is 5. The number of hydrogen-bond donors (Lipinski definition) is 1. The normalized spacial score (nSPS) is 11.9. The summed E-state index contributed by atoms with van der Waals surface area (Å²) in [5.41, 5.74) is 1.21. The van der Waals surface area contributed by atoms with Crippen LogP contribution < -0.4 is 5.32 Å². The minimum atomic E-state index is -1.24. The molecule has 1 unspecified atom stereocenters. The van der Waals surface area contributed by atoms with E-state index in [4.69, 9.17) is 16.3 Å². The average Bonchev–Trinajstić information content (AvgIpc) is 3.07. The molecule has 0 aliphatic heterocycles. The fourth-order valence-electron chi connectivity index (χ4n) is 2.48. The van der Waals surface area contributed by atoms with Crippen molar-refractivity contribution in [2.24, 2.45) is 0 Å². The molecule has 1 N–H and O–H groups in total. The number of nitro benzene ring substituents is 1. The number of esters is 1. The highest BCUT2D eigenvalue weighted by Gasteiger charge is 2.24. The number of benzene rings is 1. The first kappa shape index (κ1) is 20.1. The molecule has 1 amide bonds. The van der Waals surface area contributed by atoms with Crippen LogP contribution in [0.25, 0.3) is 5.78 Å². The van der Waals surface area contributed by atoms with Gasteiger partial charge in [0, 0.05) is 23.5 Å². The Morgan fingerprint density at radius 2 is 2.00 bits per heavy atom. The van der Waals surface area contributed by atoms with Crippen molar-refractivity contribution >= 4 is 40.6 Å². The van der Waals surface area contributed by atoms with Crippen molar-refractivity contribution < 1.29 is 19.2 Å². The summed E-state index contributed by atoms with van der Waals surface area (Å²) in [7, 11) is 0. The van der Waals surface area contributed by atoms with E-state index in [1.54, 1.807) is 19.9 Å². The fraction of sp³-hybridized carbons (Fsp3) is 0.235. The number of hydrogen-bond acceptors (Lipinski definition) is 8. The predicted octanol–water partition coefficient (Wildman–Crippen LogP) is 2.49. The second-order valence-electron chi connectivity index (χ2n) is 6.14. The maximum absolute atomic E-state index is 12.3. The van der Waals surface area contributed by atoms with E-state index in [1.165, 1.54) is 23.6 Å². The van der Waals surface area contributed by atoms with Crippen molar-refractivity contribution in [1.82, 2.24) is 19.6 Å². The number of carbonyl (C=O) groups excluding carboxylic acids is 2. The number of halogens is 1. The maximum Gasteiger partial charge on any atom is 0.379 e. The van der Waals surface area contributed by atoms with E-state index in [0.717, 1.165) is 11.8 Å². The van der Waals surface area contributed by atoms with E-state index in [1.807, 2.05) is 0 Å². The van der Waals surface area contributed by atoms with Crippen LogP contribution in [0.4, 0.5) is 11.4 Å². The lowest BCUT2D eigenvalue weighted by Crippen LogP contribution is -2.30. The van der Waals surface area contributed by atoms with Gasteiger partial charge in [-0.3, -0.25) is 14.9 Å². The molecule has 0 fully saturated rings. The highest BCUT2D eigenvalue weighted by atomic mass is 35.5. The van der Waals surface area contributed by atoms with Crippen molar-refractivity contribution in [2.75, 3.05) is 5.32 Å². The van der Waals surface area contributed by atoms with E-state index < -0.39 is 22.9 Å². The molecule has 0 saturated heterocycles. The molecule has 12 heteroatoms. The molecule has 3 aromatic rings. The van der Waals surface area contributed by atoms with Gasteiger partial charge in [0.05, 0.1) is 15.6 Å². The third-order valence-corrected chi connectivity index (χ3v) is 4.20. The van der Waals surface area contributed by atoms with Gasteiger partial charge in [0.15, 0.2) is 6.10 Å². The predicted molar refractivity (Wildman–Crippen MR) is 102 cm³/mol. The van der Waals surface area contributed by atoms with E-state index >= 15 is 0 Å². The smallest absolute Gasteiger partial charge is 0.379 e. The van der Waals surface area contributed by atoms with Gasteiger partial charge in [-0.25, -0.2) is 14.3 Å². The molecule has 0 radical (unpaired) electrons. The standard InChI is InChI=1S/C17H15ClN6O5/c1-8-6-9(2)23-17(19-8)21-14(22-23)16(26)29-10(3)15(25)20-13-7-11(24(27)28)4-5-12(13)18/h4-7,10H,1-3H3,(H,20,25). The lowest BCUT2D eigenvalue weighted by atomic mass is 10.2. The van der Waals surface area contributed by atoms with Crippen LogP contribution in [0.2, 0.25) is 5.02 Å². The minimum absolute atomic E-state index is 0.0231. The molecule has 0 aliphatic rings. The van der Waals surface area contributed by atoms with Gasteiger partial charge in [-0.2, -0.15) is 4.98 Å². The summed E-state index contributed by atoms with van der Waals surface area (Å²) in [4.78, 5) is 43.0. The van der Waals surface area contributed by atoms with Gasteiger partial charge in [-0.1, -0.05) is 11.6 Å². The number of nitro groups is 1. The highest BCUT2D eigenvalue weighted by molar-refractivity contribution is 6.33. The largest absolute Gasteiger partial charge is 0.447 e. The van der Waals surface area contributed by atoms with Gasteiger partial charge in [0.25, 0.3) is 23.2 Å². The van der Waals surface area contributed by atoms with E-state index in [0.29, 0.717) is 5.69 Å². The van der Waals surface area contributed by atoms with Crippen LogP contribution in [-0.2, 0) is 9.53 Å². The number of ether oxygens (including phenoxy) is 1. The van der Waals surface area contributed by atoms with Crippen LogP contribution >= 0.6 is 11.6 Å². The number of aromatic nitrogens is 4. The Morgan fingerprint density at radius 1 is 1.28 bits per heavy atom. The van der Waals surface area contributed by atoms with Crippen LogP contribution in [0, 0.1) is 24.0 Å². The summed E-state index contributed by atoms with van der Waals surface area (Å²) in [6.45, 7) is 4.90. The van der Waals surface area contributed by atoms with Gasteiger partial charge in [0.2, 0.25) is 0 Å². The molecule has 11 nitrogen and oxygen atoms in total. The Balaban J connectivity index is 1.73. The first-order valence-electron chi connectivity index (χ1n) is 8.32. The number of carbonyl (C=O) groups is 2. The summed E-state index contributed by atoms with van der Waals surface area (Å²) in [5.74, 6) is -1.66. The molecule has 0 spiro atoms. The van der Waals surface area contributed by atoms with Crippen LogP contribution in [0.3, 0.4) is 0 Å². The number of fused-ring (bicyclic) bond motifs is 1. The minimum Gasteiger partial charge on any atom is -0.447 e. The van der Waals surface area contributed by atoms with Crippen molar-refractivity contribution in [3.8, 4) is 0 Å². The number of aryl methyl sites for hydroxylation is 2. The molecular formula is C17H15ClN6O5. The summed E-state index contributed by atoms with van der Waals surface area (Å²) in [5, 5.41) is 17.4. The Bertz CT molecular complexity index is 1140. The van der Waals surface area contributed by atoms with Crippen molar-refractivity contribution in [2.45, 2.75) is 26.9 Å². The third-order valence-electron chi connectivity index (χ3n) is 3.87. The van der Waals surface area contributed by atoms with Crippen molar-refractivity contribution in [3.63, 3.8) is 0 Å². The third kappa shape index (κ3) is 4.29. The quantitative estimate of drug-likeness (QED) is 0.378. The van der Waals surface area contributed by atoms with Crippen LogP contribution in [0.15, 0.2) is 24.3 Å². The highest BCUT2D eigenvalue weighted by Crippen LogP contribution is 2.26. The zero-order valence-electron chi connectivity index (χ0n) is 15.5. The van der Waals surface area contributed by atoms with Crippen LogP contribution in [0.5, 0.6) is 0 Å². The Labute approximate surface area is 168 Å².